The summed E-state index contributed by atoms with van der Waals surface area (Å²) in [5, 5.41) is 7.16. The van der Waals surface area contributed by atoms with Gasteiger partial charge >= 0.3 is 0 Å². The molecular weight excluding hydrogens is 233 g/mol. The van der Waals surface area contributed by atoms with Crippen LogP contribution in [-0.2, 0) is 0 Å². The zero-order valence-electron chi connectivity index (χ0n) is 10.3. The van der Waals surface area contributed by atoms with Crippen LogP contribution in [0.3, 0.4) is 0 Å². The minimum Gasteiger partial charge on any atom is -0.333 e. The molecule has 2 atom stereocenters. The highest BCUT2D eigenvalue weighted by atomic mass is 19.1. The van der Waals surface area contributed by atoms with Gasteiger partial charge in [-0.1, -0.05) is 0 Å². The smallest absolute Gasteiger partial charge is 0.258 e. The highest BCUT2D eigenvalue weighted by molar-refractivity contribution is 6.06. The van der Waals surface area contributed by atoms with Gasteiger partial charge in [0.05, 0.1) is 17.3 Å². The Balaban J connectivity index is 2.11. The lowest BCUT2D eigenvalue weighted by molar-refractivity contribution is 0.0264. The molecule has 1 N–H and O–H groups in total. The molecule has 4 nitrogen and oxygen atoms in total. The molecule has 0 unspecified atom stereocenters. The van der Waals surface area contributed by atoms with Crippen molar-refractivity contribution in [3.05, 3.63) is 29.7 Å². The molecule has 2 heterocycles. The molecule has 5 heteroatoms. The molecule has 0 bridgehead atoms. The molecule has 0 aliphatic carbocycles. The summed E-state index contributed by atoms with van der Waals surface area (Å²) in [5.74, 6) is -0.731. The zero-order valence-corrected chi connectivity index (χ0v) is 10.3. The fourth-order valence-corrected chi connectivity index (χ4v) is 2.75. The maximum Gasteiger partial charge on any atom is 0.258 e. The van der Waals surface area contributed by atoms with E-state index < -0.39 is 5.82 Å². The van der Waals surface area contributed by atoms with E-state index in [1.165, 1.54) is 12.3 Å². The topological polar surface area (TPSA) is 49.0 Å². The van der Waals surface area contributed by atoms with Crippen molar-refractivity contribution in [1.29, 1.82) is 0 Å². The van der Waals surface area contributed by atoms with Crippen molar-refractivity contribution in [1.82, 2.24) is 15.1 Å². The summed E-state index contributed by atoms with van der Waals surface area (Å²) in [6, 6.07) is 3.25. The van der Waals surface area contributed by atoms with Crippen molar-refractivity contribution in [3.8, 4) is 0 Å². The molecule has 1 aromatic carbocycles. The first kappa shape index (κ1) is 11.2. The molecule has 1 fully saturated rings. The van der Waals surface area contributed by atoms with Crippen LogP contribution in [0, 0.1) is 5.82 Å². The first-order chi connectivity index (χ1) is 8.59. The Hall–Kier alpha value is -1.91. The Labute approximate surface area is 104 Å². The number of amides is 1. The molecule has 1 aromatic heterocycles. The normalized spacial score (nSPS) is 23.2. The Kier molecular flexibility index (Phi) is 2.36. The number of fused-ring (bicyclic) bond motifs is 1. The number of aromatic nitrogens is 2. The predicted octanol–water partition coefficient (Wildman–Crippen LogP) is 2.32. The fourth-order valence-electron chi connectivity index (χ4n) is 2.75. The number of rotatable bonds is 1. The number of likely N-dealkylation sites (tertiary alicyclic amines) is 1. The van der Waals surface area contributed by atoms with Gasteiger partial charge in [0.25, 0.3) is 5.91 Å². The highest BCUT2D eigenvalue weighted by Gasteiger charge is 2.37. The average molecular weight is 247 g/mol. The molecule has 0 spiro atoms. The molecule has 0 radical (unpaired) electrons. The van der Waals surface area contributed by atoms with E-state index in [4.69, 9.17) is 0 Å². The van der Waals surface area contributed by atoms with Gasteiger partial charge in [0.1, 0.15) is 5.82 Å². The summed E-state index contributed by atoms with van der Waals surface area (Å²) in [6.45, 7) is 3.95. The quantitative estimate of drug-likeness (QED) is 0.840. The second-order valence-electron chi connectivity index (χ2n) is 4.90. The summed E-state index contributed by atoms with van der Waals surface area (Å²) < 4.78 is 13.9. The Morgan fingerprint density at radius 2 is 2.17 bits per heavy atom. The van der Waals surface area contributed by atoms with Gasteiger partial charge in [-0.05, 0) is 32.4 Å². The SMILES string of the molecule is C[C@H]1C[C@H](C)N1C(=O)c1c(F)ccc2[nH]ncc12. The molecule has 1 aliphatic heterocycles. The number of aromatic amines is 1. The van der Waals surface area contributed by atoms with Gasteiger partial charge < -0.3 is 4.90 Å². The van der Waals surface area contributed by atoms with E-state index in [0.29, 0.717) is 10.9 Å². The summed E-state index contributed by atoms with van der Waals surface area (Å²) in [7, 11) is 0. The average Bonchev–Trinajstić information content (AvgIpc) is 2.76. The minimum absolute atomic E-state index is 0.125. The number of hydrogen-bond acceptors (Lipinski definition) is 2. The maximum atomic E-state index is 13.9. The van der Waals surface area contributed by atoms with Gasteiger partial charge in [0.15, 0.2) is 0 Å². The lowest BCUT2D eigenvalue weighted by Crippen LogP contribution is -2.55. The molecular formula is C13H14FN3O. The van der Waals surface area contributed by atoms with E-state index in [0.717, 1.165) is 6.42 Å². The molecule has 1 aliphatic rings. The van der Waals surface area contributed by atoms with Gasteiger partial charge in [0, 0.05) is 17.5 Å². The second-order valence-corrected chi connectivity index (χ2v) is 4.90. The number of carbonyl (C=O) groups is 1. The van der Waals surface area contributed by atoms with Gasteiger partial charge in [-0.2, -0.15) is 5.10 Å². The number of carbonyl (C=O) groups excluding carboxylic acids is 1. The van der Waals surface area contributed by atoms with Crippen LogP contribution in [0.4, 0.5) is 4.39 Å². The minimum atomic E-state index is -0.486. The lowest BCUT2D eigenvalue weighted by atomic mass is 9.93. The first-order valence-corrected chi connectivity index (χ1v) is 6.04. The summed E-state index contributed by atoms with van der Waals surface area (Å²) in [5.41, 5.74) is 0.806. The van der Waals surface area contributed by atoms with Crippen LogP contribution < -0.4 is 0 Å². The van der Waals surface area contributed by atoms with Crippen molar-refractivity contribution >= 4 is 16.8 Å². The van der Waals surface area contributed by atoms with Crippen molar-refractivity contribution < 1.29 is 9.18 Å². The molecule has 2 aromatic rings. The van der Waals surface area contributed by atoms with E-state index in [1.807, 2.05) is 13.8 Å². The van der Waals surface area contributed by atoms with Gasteiger partial charge in [-0.15, -0.1) is 0 Å². The lowest BCUT2D eigenvalue weighted by Gasteiger charge is -2.45. The summed E-state index contributed by atoms with van der Waals surface area (Å²) >= 11 is 0. The third kappa shape index (κ3) is 1.43. The van der Waals surface area contributed by atoms with Crippen LogP contribution in [-0.4, -0.2) is 33.1 Å². The Morgan fingerprint density at radius 1 is 1.44 bits per heavy atom. The second kappa shape index (κ2) is 3.80. The van der Waals surface area contributed by atoms with Crippen LogP contribution in [0.25, 0.3) is 10.9 Å². The standard InChI is InChI=1S/C13H14FN3O/c1-7-5-8(2)17(7)13(18)12-9-6-15-16-11(9)4-3-10(12)14/h3-4,6-8H,5H2,1-2H3,(H,15,16)/t7-,8-/m0/s1. The van der Waals surface area contributed by atoms with Crippen molar-refractivity contribution in [2.75, 3.05) is 0 Å². The van der Waals surface area contributed by atoms with Gasteiger partial charge in [-0.25, -0.2) is 4.39 Å². The third-order valence-electron chi connectivity index (χ3n) is 3.65. The number of H-pyrrole nitrogens is 1. The van der Waals surface area contributed by atoms with Crippen molar-refractivity contribution in [2.24, 2.45) is 0 Å². The number of nitrogens with zero attached hydrogens (tertiary/aromatic N) is 2. The third-order valence-corrected chi connectivity index (χ3v) is 3.65. The van der Waals surface area contributed by atoms with Crippen LogP contribution >= 0.6 is 0 Å². The van der Waals surface area contributed by atoms with Gasteiger partial charge in [-0.3, -0.25) is 9.89 Å². The van der Waals surface area contributed by atoms with Crippen LogP contribution in [0.1, 0.15) is 30.6 Å². The molecule has 0 saturated carbocycles. The van der Waals surface area contributed by atoms with Crippen LogP contribution in [0.2, 0.25) is 0 Å². The molecule has 94 valence electrons. The maximum absolute atomic E-state index is 13.9. The van der Waals surface area contributed by atoms with Crippen molar-refractivity contribution in [3.63, 3.8) is 0 Å². The zero-order chi connectivity index (χ0) is 12.9. The van der Waals surface area contributed by atoms with Gasteiger partial charge in [0.2, 0.25) is 0 Å². The number of hydrogen-bond donors (Lipinski definition) is 1. The molecule has 3 rings (SSSR count). The predicted molar refractivity (Wildman–Crippen MR) is 65.8 cm³/mol. The Morgan fingerprint density at radius 3 is 2.83 bits per heavy atom. The number of benzene rings is 1. The number of halogens is 1. The van der Waals surface area contributed by atoms with E-state index in [1.54, 1.807) is 11.0 Å². The number of nitrogens with one attached hydrogen (secondary N) is 1. The highest BCUT2D eigenvalue weighted by Crippen LogP contribution is 2.30. The van der Waals surface area contributed by atoms with E-state index in [-0.39, 0.29) is 23.6 Å². The summed E-state index contributed by atoms with van der Waals surface area (Å²) in [4.78, 5) is 14.2. The Bertz CT molecular complexity index is 614. The monoisotopic (exact) mass is 247 g/mol. The van der Waals surface area contributed by atoms with Crippen LogP contribution in [0.5, 0.6) is 0 Å². The largest absolute Gasteiger partial charge is 0.333 e. The van der Waals surface area contributed by atoms with Crippen LogP contribution in [0.15, 0.2) is 18.3 Å². The van der Waals surface area contributed by atoms with E-state index in [9.17, 15) is 9.18 Å². The molecule has 1 amide bonds. The fraction of sp³-hybridized carbons (Fsp3) is 0.385. The first-order valence-electron chi connectivity index (χ1n) is 6.04. The van der Waals surface area contributed by atoms with Crippen molar-refractivity contribution in [2.45, 2.75) is 32.4 Å². The molecule has 1 saturated heterocycles. The summed E-state index contributed by atoms with van der Waals surface area (Å²) in [6.07, 6.45) is 2.47. The van der Waals surface area contributed by atoms with E-state index in [2.05, 4.69) is 10.2 Å². The molecule has 18 heavy (non-hydrogen) atoms. The van der Waals surface area contributed by atoms with E-state index >= 15 is 0 Å².